The second kappa shape index (κ2) is 20.7. The highest BCUT2D eigenvalue weighted by atomic mass is 16.8. The second-order valence-electron chi connectivity index (χ2n) is 20.0. The van der Waals surface area contributed by atoms with Crippen molar-refractivity contribution in [2.75, 3.05) is 6.61 Å². The van der Waals surface area contributed by atoms with Gasteiger partial charge in [0.2, 0.25) is 11.5 Å². The normalized spacial score (nSPS) is 21.6. The van der Waals surface area contributed by atoms with E-state index in [0.717, 1.165) is 11.1 Å². The average molecular weight is 1080 g/mol. The van der Waals surface area contributed by atoms with Gasteiger partial charge in [-0.05, 0) is 23.3 Å². The van der Waals surface area contributed by atoms with Gasteiger partial charge in [0, 0.05) is 38.9 Å². The van der Waals surface area contributed by atoms with Crippen molar-refractivity contribution in [1.82, 2.24) is 0 Å². The van der Waals surface area contributed by atoms with Gasteiger partial charge >= 0.3 is 23.5 Å². The zero-order valence-electron chi connectivity index (χ0n) is 43.2. The van der Waals surface area contributed by atoms with Crippen LogP contribution in [0.25, 0.3) is 11.1 Å². The van der Waals surface area contributed by atoms with E-state index in [4.69, 9.17) is 52.1 Å². The number of aliphatic hydroxyl groups excluding tert-OH is 1. The molecule has 9 aromatic carbocycles. The molecule has 0 bridgehead atoms. The average Bonchev–Trinajstić information content (AvgIpc) is 3.85. The van der Waals surface area contributed by atoms with Crippen molar-refractivity contribution in [3.8, 4) is 45.6 Å². The number of fused-ring (bicyclic) bond motifs is 9. The Kier molecular flexibility index (Phi) is 12.7. The van der Waals surface area contributed by atoms with E-state index in [-0.39, 0.29) is 76.6 Å². The van der Waals surface area contributed by atoms with Crippen LogP contribution < -0.4 is 28.4 Å². The molecule has 402 valence electrons. The van der Waals surface area contributed by atoms with Crippen molar-refractivity contribution in [3.63, 3.8) is 0 Å². The second-order valence-corrected chi connectivity index (χ2v) is 20.0. The molecule has 0 aromatic heterocycles. The molecule has 0 amide bonds. The molecule has 14 rings (SSSR count). The topological polar surface area (TPSA) is 156 Å². The Bertz CT molecular complexity index is 3680. The zero-order valence-corrected chi connectivity index (χ0v) is 43.2. The minimum atomic E-state index is -1.83. The van der Waals surface area contributed by atoms with Crippen LogP contribution in [0.5, 0.6) is 34.5 Å². The number of ether oxygens (including phenoxy) is 11. The van der Waals surface area contributed by atoms with Gasteiger partial charge in [0.1, 0.15) is 25.4 Å². The summed E-state index contributed by atoms with van der Waals surface area (Å²) in [6.45, 7) is -0.0958. The van der Waals surface area contributed by atoms with Gasteiger partial charge in [-0.2, -0.15) is 0 Å². The van der Waals surface area contributed by atoms with Crippen LogP contribution in [0.2, 0.25) is 0 Å². The number of rotatable bonds is 11. The van der Waals surface area contributed by atoms with Gasteiger partial charge in [0.05, 0.1) is 17.7 Å². The van der Waals surface area contributed by atoms with Gasteiger partial charge < -0.3 is 57.2 Å². The molecule has 0 aliphatic carbocycles. The number of carbonyl (C=O) groups excluding carboxylic acids is 2. The largest absolute Gasteiger partial charge is 0.485 e. The number of carbonyl (C=O) groups is 2. The maximum atomic E-state index is 16.1. The quantitative estimate of drug-likeness (QED) is 0.122. The zero-order chi connectivity index (χ0) is 54.5. The third-order valence-electron chi connectivity index (χ3n) is 15.0. The molecule has 6 atom stereocenters. The standard InChI is InChI=1S/C67H50O14/c68-62-49-37-51-57(80-66(78-51,44-28-14-4-15-29-44)45-30-16-5-17-31-45)58(72-39-42-24-10-2-11-25-42)53(49)54-48(63(69)76-61-60(75-62)55-52(74-64(61)70)40-73-65(77-55)43-26-12-3-13-27-43)36-50(71-38-41-22-8-1-9-23-41)56-59(54)81-67(79-56,46-32-18-6-19-33-46)47-34-20-7-21-35-47/h1-37,52,55,60-61,64-65,70H,38-40H2/t52-,55-,60+,61-,64?,65-/m1/s1. The molecule has 2 saturated heterocycles. The highest BCUT2D eigenvalue weighted by molar-refractivity contribution is 6.09. The Morgan fingerprint density at radius 3 is 1.47 bits per heavy atom. The monoisotopic (exact) mass is 1080 g/mol. The van der Waals surface area contributed by atoms with E-state index in [1.54, 1.807) is 0 Å². The number of aliphatic hydroxyl groups is 1. The molecular formula is C67H50O14. The molecule has 1 unspecified atom stereocenters. The van der Waals surface area contributed by atoms with Crippen LogP contribution in [-0.2, 0) is 48.5 Å². The summed E-state index contributed by atoms with van der Waals surface area (Å²) in [7, 11) is 0. The van der Waals surface area contributed by atoms with E-state index in [0.29, 0.717) is 27.8 Å². The molecular weight excluding hydrogens is 1030 g/mol. The molecule has 14 nitrogen and oxygen atoms in total. The molecule has 81 heavy (non-hydrogen) atoms. The van der Waals surface area contributed by atoms with Crippen molar-refractivity contribution in [3.05, 3.63) is 275 Å². The van der Waals surface area contributed by atoms with E-state index < -0.39 is 60.5 Å². The van der Waals surface area contributed by atoms with Crippen LogP contribution in [0, 0.1) is 0 Å². The van der Waals surface area contributed by atoms with Crippen LogP contribution in [0.4, 0.5) is 0 Å². The van der Waals surface area contributed by atoms with E-state index in [2.05, 4.69) is 0 Å². The van der Waals surface area contributed by atoms with Gasteiger partial charge in [-0.25, -0.2) is 9.59 Å². The third kappa shape index (κ3) is 8.85. The molecule has 14 heteroatoms. The number of hydrogen-bond acceptors (Lipinski definition) is 14. The van der Waals surface area contributed by atoms with E-state index in [9.17, 15) is 5.11 Å². The van der Waals surface area contributed by atoms with Crippen molar-refractivity contribution < 1.29 is 66.8 Å². The lowest BCUT2D eigenvalue weighted by atomic mass is 9.90. The molecule has 9 aromatic rings. The molecule has 5 heterocycles. The molecule has 2 fully saturated rings. The van der Waals surface area contributed by atoms with E-state index >= 15 is 9.59 Å². The van der Waals surface area contributed by atoms with Gasteiger partial charge in [0.15, 0.2) is 47.8 Å². The van der Waals surface area contributed by atoms with Crippen molar-refractivity contribution >= 4 is 11.9 Å². The SMILES string of the molecule is O=C1O[C@H]2[C@@H]3O[C@H](c4ccccc4)OC[C@H]3OC(O)[C@@H]2OC(=O)c2cc(OCc3ccccc3)c3c(c2-c2c1cc1c(c2OCc2ccccc2)OC(c2ccccc2)(c2ccccc2)O1)OC(c1ccccc1)(c1ccccc1)O3. The fourth-order valence-corrected chi connectivity index (χ4v) is 11.2. The molecule has 0 radical (unpaired) electrons. The Morgan fingerprint density at radius 2 is 0.914 bits per heavy atom. The number of esters is 2. The summed E-state index contributed by atoms with van der Waals surface area (Å²) in [6.07, 6.45) is -8.04. The highest BCUT2D eigenvalue weighted by Crippen LogP contribution is 2.63. The van der Waals surface area contributed by atoms with E-state index in [1.807, 2.05) is 212 Å². The molecule has 5 aliphatic rings. The lowest BCUT2D eigenvalue weighted by Gasteiger charge is -2.47. The lowest BCUT2D eigenvalue weighted by molar-refractivity contribution is -0.353. The van der Waals surface area contributed by atoms with Gasteiger partial charge in [0.25, 0.3) is 0 Å². The van der Waals surface area contributed by atoms with Crippen molar-refractivity contribution in [2.24, 2.45) is 0 Å². The van der Waals surface area contributed by atoms with Crippen LogP contribution in [0.3, 0.4) is 0 Å². The van der Waals surface area contributed by atoms with Crippen molar-refractivity contribution in [2.45, 2.75) is 61.8 Å². The lowest BCUT2D eigenvalue weighted by Crippen LogP contribution is -2.63. The van der Waals surface area contributed by atoms with Crippen LogP contribution in [0.1, 0.15) is 66.0 Å². The molecule has 5 aliphatic heterocycles. The first-order valence-corrected chi connectivity index (χ1v) is 26.6. The third-order valence-corrected chi connectivity index (χ3v) is 15.0. The smallest absolute Gasteiger partial charge is 0.339 e. The summed E-state index contributed by atoms with van der Waals surface area (Å²) in [5.41, 5.74) is 4.35. The first-order chi connectivity index (χ1) is 39.8. The minimum Gasteiger partial charge on any atom is -0.485 e. The number of hydrogen-bond donors (Lipinski definition) is 1. The summed E-state index contributed by atoms with van der Waals surface area (Å²) in [5.74, 6) is -4.97. The molecule has 0 saturated carbocycles. The highest BCUT2D eigenvalue weighted by Gasteiger charge is 2.57. The van der Waals surface area contributed by atoms with Crippen LogP contribution in [0.15, 0.2) is 224 Å². The Hall–Kier alpha value is -9.44. The predicted molar refractivity (Wildman–Crippen MR) is 293 cm³/mol. The minimum absolute atomic E-state index is 0.00574. The molecule has 1 N–H and O–H groups in total. The summed E-state index contributed by atoms with van der Waals surface area (Å²) in [4.78, 5) is 32.0. The van der Waals surface area contributed by atoms with Crippen LogP contribution in [-0.4, -0.2) is 54.4 Å². The van der Waals surface area contributed by atoms with Crippen LogP contribution >= 0.6 is 0 Å². The maximum Gasteiger partial charge on any atom is 0.339 e. The Balaban J connectivity index is 1.04. The summed E-state index contributed by atoms with van der Waals surface area (Å²) < 4.78 is 75.0. The maximum absolute atomic E-state index is 16.1. The summed E-state index contributed by atoms with van der Waals surface area (Å²) in [6, 6.07) is 68.8. The van der Waals surface area contributed by atoms with Gasteiger partial charge in [-0.1, -0.05) is 212 Å². The number of benzene rings is 9. The fraction of sp³-hybridized carbons (Fsp3) is 0.164. The first-order valence-electron chi connectivity index (χ1n) is 26.6. The summed E-state index contributed by atoms with van der Waals surface area (Å²) >= 11 is 0. The Morgan fingerprint density at radius 1 is 0.457 bits per heavy atom. The first kappa shape index (κ1) is 49.8. The van der Waals surface area contributed by atoms with Crippen molar-refractivity contribution in [1.29, 1.82) is 0 Å². The van der Waals surface area contributed by atoms with Gasteiger partial charge in [-0.3, -0.25) is 0 Å². The predicted octanol–water partition coefficient (Wildman–Crippen LogP) is 11.8. The van der Waals surface area contributed by atoms with E-state index in [1.165, 1.54) is 12.1 Å². The van der Waals surface area contributed by atoms with Gasteiger partial charge in [-0.15, -0.1) is 0 Å². The molecule has 0 spiro atoms. The Labute approximate surface area is 465 Å². The summed E-state index contributed by atoms with van der Waals surface area (Å²) in [5, 5.41) is 12.0. The fourth-order valence-electron chi connectivity index (χ4n) is 11.2.